The third-order valence-electron chi connectivity index (χ3n) is 4.56. The Morgan fingerprint density at radius 3 is 1.76 bits per heavy atom. The fraction of sp³-hybridized carbons (Fsp3) is 0.609. The van der Waals surface area contributed by atoms with Gasteiger partial charge in [-0.1, -0.05) is 41.5 Å². The van der Waals surface area contributed by atoms with E-state index in [4.69, 9.17) is 9.05 Å². The number of ketones is 1. The van der Waals surface area contributed by atoms with Gasteiger partial charge in [-0.25, -0.2) is 0 Å². The SMILES string of the molecule is CCOP(=O)(CC(=O)C(C)=Cc1cc(C(C)(C)C)c(O)c(C(C)(C)C)c1)OCC. The van der Waals surface area contributed by atoms with E-state index in [-0.39, 0.29) is 36.0 Å². The highest BCUT2D eigenvalue weighted by Gasteiger charge is 2.29. The molecule has 0 unspecified atom stereocenters. The Bertz CT molecular complexity index is 765. The molecule has 0 aliphatic rings. The molecule has 0 amide bonds. The van der Waals surface area contributed by atoms with E-state index in [1.54, 1.807) is 26.8 Å². The van der Waals surface area contributed by atoms with Crippen molar-refractivity contribution in [2.75, 3.05) is 19.4 Å². The first-order valence-corrected chi connectivity index (χ1v) is 11.8. The van der Waals surface area contributed by atoms with Crippen molar-refractivity contribution in [3.63, 3.8) is 0 Å². The maximum absolute atomic E-state index is 12.7. The van der Waals surface area contributed by atoms with Crippen molar-refractivity contribution in [2.45, 2.75) is 73.1 Å². The number of aromatic hydroxyl groups is 1. The standard InChI is InChI=1S/C23H37O5P/c1-10-27-29(26,28-11-2)15-20(24)16(3)12-17-13-18(22(4,5)6)21(25)19(14-17)23(7,8)9/h12-14,25H,10-11,15H2,1-9H3. The third kappa shape index (κ3) is 7.09. The molecule has 1 rings (SSSR count). The van der Waals surface area contributed by atoms with Gasteiger partial charge in [-0.3, -0.25) is 9.36 Å². The van der Waals surface area contributed by atoms with E-state index in [2.05, 4.69) is 0 Å². The fourth-order valence-electron chi connectivity index (χ4n) is 3.04. The van der Waals surface area contributed by atoms with Crippen molar-refractivity contribution in [1.29, 1.82) is 0 Å². The van der Waals surface area contributed by atoms with E-state index >= 15 is 0 Å². The molecular formula is C23H37O5P. The summed E-state index contributed by atoms with van der Waals surface area (Å²) in [5, 5.41) is 10.8. The number of benzene rings is 1. The van der Waals surface area contributed by atoms with Crippen molar-refractivity contribution in [1.82, 2.24) is 0 Å². The average molecular weight is 425 g/mol. The zero-order chi connectivity index (χ0) is 22.6. The first-order valence-electron chi connectivity index (χ1n) is 10.1. The van der Waals surface area contributed by atoms with Gasteiger partial charge in [-0.2, -0.15) is 0 Å². The number of carbonyl (C=O) groups is 1. The minimum atomic E-state index is -3.44. The summed E-state index contributed by atoms with van der Waals surface area (Å²) in [7, 11) is -3.44. The van der Waals surface area contributed by atoms with Crippen LogP contribution in [0.15, 0.2) is 17.7 Å². The summed E-state index contributed by atoms with van der Waals surface area (Å²) in [5.74, 6) is 0.0150. The second-order valence-corrected chi connectivity index (χ2v) is 11.4. The maximum atomic E-state index is 12.7. The molecule has 0 spiro atoms. The van der Waals surface area contributed by atoms with Gasteiger partial charge in [0.1, 0.15) is 11.9 Å². The third-order valence-corrected chi connectivity index (χ3v) is 6.54. The van der Waals surface area contributed by atoms with Crippen LogP contribution in [-0.2, 0) is 29.2 Å². The topological polar surface area (TPSA) is 72.8 Å². The Morgan fingerprint density at radius 1 is 1.00 bits per heavy atom. The van der Waals surface area contributed by atoms with E-state index in [1.165, 1.54) is 0 Å². The number of phenols is 1. The lowest BCUT2D eigenvalue weighted by Gasteiger charge is -2.28. The first-order chi connectivity index (χ1) is 13.1. The highest BCUT2D eigenvalue weighted by molar-refractivity contribution is 7.54. The molecule has 1 aromatic carbocycles. The Morgan fingerprint density at radius 2 is 1.41 bits per heavy atom. The summed E-state index contributed by atoms with van der Waals surface area (Å²) in [6, 6.07) is 3.82. The van der Waals surface area contributed by atoms with Gasteiger partial charge in [0.05, 0.1) is 13.2 Å². The molecule has 1 aromatic rings. The number of Topliss-reactive ketones (excluding diaryl/α,β-unsaturated/α-hetero) is 1. The van der Waals surface area contributed by atoms with Crippen molar-refractivity contribution in [3.8, 4) is 5.75 Å². The highest BCUT2D eigenvalue weighted by Crippen LogP contribution is 2.48. The second-order valence-electron chi connectivity index (χ2n) is 9.32. The molecule has 0 saturated heterocycles. The molecule has 1 N–H and O–H groups in total. The zero-order valence-electron chi connectivity index (χ0n) is 19.4. The number of rotatable bonds is 8. The number of carbonyl (C=O) groups excluding carboxylic acids is 1. The molecule has 0 aromatic heterocycles. The first kappa shape index (κ1) is 25.6. The van der Waals surface area contributed by atoms with Gasteiger partial charge in [0, 0.05) is 11.1 Å². The van der Waals surface area contributed by atoms with Crippen LogP contribution in [0, 0.1) is 0 Å². The monoisotopic (exact) mass is 424 g/mol. The van der Waals surface area contributed by atoms with Crippen LogP contribution in [0.1, 0.15) is 79.0 Å². The molecule has 0 aliphatic carbocycles. The van der Waals surface area contributed by atoms with E-state index in [1.807, 2.05) is 53.7 Å². The Balaban J connectivity index is 3.38. The molecule has 164 valence electrons. The predicted octanol–water partition coefficient (Wildman–Crippen LogP) is 6.23. The Labute approximate surface area is 176 Å². The summed E-state index contributed by atoms with van der Waals surface area (Å²) in [6.45, 7) is 17.8. The average Bonchev–Trinajstić information content (AvgIpc) is 2.54. The van der Waals surface area contributed by atoms with Crippen molar-refractivity contribution >= 4 is 19.5 Å². The second kappa shape index (κ2) is 9.59. The molecule has 0 fully saturated rings. The molecule has 0 aliphatic heterocycles. The summed E-state index contributed by atoms with van der Waals surface area (Å²) in [6.07, 6.45) is 1.49. The molecular weight excluding hydrogens is 387 g/mol. The maximum Gasteiger partial charge on any atom is 0.338 e. The molecule has 0 saturated carbocycles. The lowest BCUT2D eigenvalue weighted by atomic mass is 9.78. The van der Waals surface area contributed by atoms with Crippen LogP contribution in [0.3, 0.4) is 0 Å². The number of allylic oxidation sites excluding steroid dienone is 1. The lowest BCUT2D eigenvalue weighted by molar-refractivity contribution is -0.113. The van der Waals surface area contributed by atoms with Gasteiger partial charge >= 0.3 is 7.60 Å². The van der Waals surface area contributed by atoms with Crippen LogP contribution >= 0.6 is 7.60 Å². The molecule has 29 heavy (non-hydrogen) atoms. The smallest absolute Gasteiger partial charge is 0.338 e. The van der Waals surface area contributed by atoms with Crippen molar-refractivity contribution < 1.29 is 23.5 Å². The minimum absolute atomic E-state index is 0.217. The van der Waals surface area contributed by atoms with Gasteiger partial charge in [0.15, 0.2) is 5.78 Å². The van der Waals surface area contributed by atoms with Crippen molar-refractivity contribution in [2.24, 2.45) is 0 Å². The van der Waals surface area contributed by atoms with Crippen LogP contribution in [0.2, 0.25) is 0 Å². The Kier molecular flexibility index (Phi) is 8.47. The molecule has 0 bridgehead atoms. The number of phenolic OH excluding ortho intramolecular Hbond substituents is 1. The van der Waals surface area contributed by atoms with E-state index in [9.17, 15) is 14.5 Å². The van der Waals surface area contributed by atoms with Gasteiger partial charge in [0.2, 0.25) is 0 Å². The van der Waals surface area contributed by atoms with Crippen LogP contribution in [0.5, 0.6) is 5.75 Å². The highest BCUT2D eigenvalue weighted by atomic mass is 31.2. The molecule has 6 heteroatoms. The van der Waals surface area contributed by atoms with E-state index in [0.717, 1.165) is 16.7 Å². The summed E-state index contributed by atoms with van der Waals surface area (Å²) < 4.78 is 23.1. The van der Waals surface area contributed by atoms with Crippen LogP contribution in [-0.4, -0.2) is 30.3 Å². The zero-order valence-corrected chi connectivity index (χ0v) is 20.3. The lowest BCUT2D eigenvalue weighted by Crippen LogP contribution is -2.17. The normalized spacial score (nSPS) is 13.6. The molecule has 0 heterocycles. The quantitative estimate of drug-likeness (QED) is 0.396. The van der Waals surface area contributed by atoms with E-state index in [0.29, 0.717) is 11.3 Å². The predicted molar refractivity (Wildman–Crippen MR) is 120 cm³/mol. The van der Waals surface area contributed by atoms with Crippen LogP contribution in [0.25, 0.3) is 6.08 Å². The van der Waals surface area contributed by atoms with Gasteiger partial charge in [0.25, 0.3) is 0 Å². The van der Waals surface area contributed by atoms with Gasteiger partial charge in [-0.05, 0) is 60.9 Å². The van der Waals surface area contributed by atoms with Gasteiger partial charge < -0.3 is 14.2 Å². The minimum Gasteiger partial charge on any atom is -0.507 e. The summed E-state index contributed by atoms with van der Waals surface area (Å²) in [4.78, 5) is 12.7. The number of hydrogen-bond donors (Lipinski definition) is 1. The molecule has 5 nitrogen and oxygen atoms in total. The summed E-state index contributed by atoms with van der Waals surface area (Å²) in [5.41, 5.74) is 2.43. The van der Waals surface area contributed by atoms with Crippen LogP contribution < -0.4 is 0 Å². The number of hydrogen-bond acceptors (Lipinski definition) is 5. The van der Waals surface area contributed by atoms with Gasteiger partial charge in [-0.15, -0.1) is 0 Å². The molecule has 0 atom stereocenters. The van der Waals surface area contributed by atoms with Crippen molar-refractivity contribution in [3.05, 3.63) is 34.4 Å². The molecule has 0 radical (unpaired) electrons. The largest absolute Gasteiger partial charge is 0.507 e. The van der Waals surface area contributed by atoms with Crippen LogP contribution in [0.4, 0.5) is 0 Å². The van der Waals surface area contributed by atoms with E-state index < -0.39 is 7.60 Å². The summed E-state index contributed by atoms with van der Waals surface area (Å²) >= 11 is 0. The Hall–Kier alpha value is -1.42. The fourth-order valence-corrected chi connectivity index (χ4v) is 4.68.